The van der Waals surface area contributed by atoms with Crippen LogP contribution in [0, 0.1) is 5.92 Å². The number of carbonyl (C=O) groups is 3. The summed E-state index contributed by atoms with van der Waals surface area (Å²) in [4.78, 5) is 48.3. The zero-order chi connectivity index (χ0) is 26.2. The van der Waals surface area contributed by atoms with Crippen molar-refractivity contribution < 1.29 is 18.8 Å². The SMILES string of the molecule is CC(C)CN(CC(=O)Nc1nc(CC(=O)N2CCN(Cc3ccccc3)CC2)cs1)C(=O)c1ccco1. The summed E-state index contributed by atoms with van der Waals surface area (Å²) in [5.74, 6) is -0.256. The first-order valence-electron chi connectivity index (χ1n) is 12.5. The Kier molecular flexibility index (Phi) is 9.08. The Balaban J connectivity index is 1.24. The maximum absolute atomic E-state index is 12.8. The molecule has 0 unspecified atom stereocenters. The number of rotatable bonds is 10. The molecular formula is C27H33N5O4S. The minimum atomic E-state index is -0.345. The van der Waals surface area contributed by atoms with Crippen LogP contribution in [0.5, 0.6) is 0 Å². The Bertz CT molecular complexity index is 1170. The van der Waals surface area contributed by atoms with E-state index in [1.165, 1.54) is 28.1 Å². The standard InChI is InChI=1S/C27H33N5O4S/c1-20(2)16-32(26(35)23-9-6-14-36-23)18-24(33)29-27-28-22(19-37-27)15-25(34)31-12-10-30(11-13-31)17-21-7-4-3-5-8-21/h3-9,14,19-20H,10-13,15-18H2,1-2H3,(H,28,29,33). The summed E-state index contributed by atoms with van der Waals surface area (Å²) in [6, 6.07) is 13.6. The van der Waals surface area contributed by atoms with Gasteiger partial charge in [0, 0.05) is 44.6 Å². The molecule has 37 heavy (non-hydrogen) atoms. The molecule has 196 valence electrons. The average molecular weight is 524 g/mol. The van der Waals surface area contributed by atoms with Crippen molar-refractivity contribution in [3.63, 3.8) is 0 Å². The third kappa shape index (κ3) is 7.74. The lowest BCUT2D eigenvalue weighted by atomic mass is 10.2. The van der Waals surface area contributed by atoms with E-state index in [4.69, 9.17) is 4.42 Å². The highest BCUT2D eigenvalue weighted by molar-refractivity contribution is 7.13. The van der Waals surface area contributed by atoms with E-state index >= 15 is 0 Å². The fraction of sp³-hybridized carbons (Fsp3) is 0.407. The predicted molar refractivity (Wildman–Crippen MR) is 142 cm³/mol. The fourth-order valence-electron chi connectivity index (χ4n) is 4.26. The normalized spacial score (nSPS) is 14.1. The number of carbonyl (C=O) groups excluding carboxylic acids is 3. The number of furan rings is 1. The van der Waals surface area contributed by atoms with E-state index in [1.807, 2.05) is 36.9 Å². The molecule has 1 aromatic carbocycles. The molecular weight excluding hydrogens is 490 g/mol. The fourth-order valence-corrected chi connectivity index (χ4v) is 4.98. The summed E-state index contributed by atoms with van der Waals surface area (Å²) < 4.78 is 5.21. The van der Waals surface area contributed by atoms with Gasteiger partial charge >= 0.3 is 0 Å². The highest BCUT2D eigenvalue weighted by Crippen LogP contribution is 2.18. The molecule has 0 radical (unpaired) electrons. The maximum Gasteiger partial charge on any atom is 0.290 e. The third-order valence-electron chi connectivity index (χ3n) is 6.04. The monoisotopic (exact) mass is 523 g/mol. The molecule has 1 aliphatic heterocycles. The van der Waals surface area contributed by atoms with E-state index in [2.05, 4.69) is 27.3 Å². The van der Waals surface area contributed by atoms with Crippen LogP contribution in [0.4, 0.5) is 5.13 Å². The van der Waals surface area contributed by atoms with E-state index in [0.717, 1.165) is 19.6 Å². The Morgan fingerprint density at radius 1 is 1.08 bits per heavy atom. The Hall–Kier alpha value is -3.50. The maximum atomic E-state index is 12.8. The molecule has 1 N–H and O–H groups in total. The number of aromatic nitrogens is 1. The highest BCUT2D eigenvalue weighted by Gasteiger charge is 2.24. The van der Waals surface area contributed by atoms with E-state index in [0.29, 0.717) is 30.5 Å². The van der Waals surface area contributed by atoms with Gasteiger partial charge in [-0.05, 0) is 23.6 Å². The van der Waals surface area contributed by atoms with Gasteiger partial charge in [-0.2, -0.15) is 0 Å². The Morgan fingerprint density at radius 2 is 1.84 bits per heavy atom. The Labute approximate surface area is 221 Å². The number of anilines is 1. The van der Waals surface area contributed by atoms with Gasteiger partial charge in [0.2, 0.25) is 11.8 Å². The molecule has 1 saturated heterocycles. The first-order chi connectivity index (χ1) is 17.9. The summed E-state index contributed by atoms with van der Waals surface area (Å²) in [6.07, 6.45) is 1.63. The summed E-state index contributed by atoms with van der Waals surface area (Å²) in [6.45, 7) is 8.21. The van der Waals surface area contributed by atoms with Crippen molar-refractivity contribution >= 4 is 34.2 Å². The lowest BCUT2D eigenvalue weighted by molar-refractivity contribution is -0.132. The van der Waals surface area contributed by atoms with Gasteiger partial charge in [0.05, 0.1) is 18.4 Å². The van der Waals surface area contributed by atoms with E-state index in [9.17, 15) is 14.4 Å². The number of nitrogens with zero attached hydrogens (tertiary/aromatic N) is 4. The Morgan fingerprint density at radius 3 is 2.51 bits per heavy atom. The molecule has 3 heterocycles. The van der Waals surface area contributed by atoms with Crippen molar-refractivity contribution in [1.29, 1.82) is 0 Å². The van der Waals surface area contributed by atoms with E-state index in [-0.39, 0.29) is 42.4 Å². The second-order valence-corrected chi connectivity index (χ2v) is 10.4. The summed E-state index contributed by atoms with van der Waals surface area (Å²) in [5, 5.41) is 4.96. The molecule has 0 spiro atoms. The summed E-state index contributed by atoms with van der Waals surface area (Å²) >= 11 is 1.27. The number of benzene rings is 1. The predicted octanol–water partition coefficient (Wildman–Crippen LogP) is 3.36. The highest BCUT2D eigenvalue weighted by atomic mass is 32.1. The van der Waals surface area contributed by atoms with Gasteiger partial charge in [-0.1, -0.05) is 44.2 Å². The molecule has 0 atom stereocenters. The van der Waals surface area contributed by atoms with E-state index in [1.54, 1.807) is 17.5 Å². The van der Waals surface area contributed by atoms with Gasteiger partial charge in [0.1, 0.15) is 6.54 Å². The number of nitrogens with one attached hydrogen (secondary N) is 1. The number of hydrogen-bond acceptors (Lipinski definition) is 7. The van der Waals surface area contributed by atoms with Crippen molar-refractivity contribution in [1.82, 2.24) is 19.7 Å². The number of hydrogen-bond donors (Lipinski definition) is 1. The van der Waals surface area contributed by atoms with Crippen LogP contribution in [0.1, 0.15) is 35.7 Å². The van der Waals surface area contributed by atoms with Gasteiger partial charge in [0.15, 0.2) is 10.9 Å². The van der Waals surface area contributed by atoms with Crippen molar-refractivity contribution in [2.45, 2.75) is 26.8 Å². The van der Waals surface area contributed by atoms with Crippen molar-refractivity contribution in [2.75, 3.05) is 44.6 Å². The van der Waals surface area contributed by atoms with Gasteiger partial charge in [-0.25, -0.2) is 4.98 Å². The molecule has 2 aromatic heterocycles. The molecule has 0 aliphatic carbocycles. The molecule has 0 bridgehead atoms. The second kappa shape index (κ2) is 12.6. The molecule has 3 amide bonds. The lowest BCUT2D eigenvalue weighted by Gasteiger charge is -2.34. The number of amides is 3. The summed E-state index contributed by atoms with van der Waals surface area (Å²) in [7, 11) is 0. The molecule has 3 aromatic rings. The quantitative estimate of drug-likeness (QED) is 0.438. The largest absolute Gasteiger partial charge is 0.459 e. The van der Waals surface area contributed by atoms with Crippen LogP contribution >= 0.6 is 11.3 Å². The van der Waals surface area contributed by atoms with Crippen LogP contribution in [0.3, 0.4) is 0 Å². The number of thiazole rings is 1. The van der Waals surface area contributed by atoms with Gasteiger partial charge in [-0.15, -0.1) is 11.3 Å². The van der Waals surface area contributed by atoms with Gasteiger partial charge in [0.25, 0.3) is 5.91 Å². The molecule has 0 saturated carbocycles. The van der Waals surface area contributed by atoms with Crippen molar-refractivity contribution in [3.05, 3.63) is 71.1 Å². The zero-order valence-electron chi connectivity index (χ0n) is 21.3. The first kappa shape index (κ1) is 26.6. The van der Waals surface area contributed by atoms with Gasteiger partial charge in [-0.3, -0.25) is 19.3 Å². The summed E-state index contributed by atoms with van der Waals surface area (Å²) in [5.41, 5.74) is 1.90. The van der Waals surface area contributed by atoms with Gasteiger partial charge < -0.3 is 19.5 Å². The van der Waals surface area contributed by atoms with Crippen molar-refractivity contribution in [2.24, 2.45) is 5.92 Å². The molecule has 1 fully saturated rings. The topological polar surface area (TPSA) is 99.0 Å². The van der Waals surface area contributed by atoms with Crippen LogP contribution in [-0.2, 0) is 22.6 Å². The van der Waals surface area contributed by atoms with Crippen molar-refractivity contribution in [3.8, 4) is 0 Å². The lowest BCUT2D eigenvalue weighted by Crippen LogP contribution is -2.48. The second-order valence-electron chi connectivity index (χ2n) is 9.57. The van der Waals surface area contributed by atoms with Crippen LogP contribution in [0.2, 0.25) is 0 Å². The third-order valence-corrected chi connectivity index (χ3v) is 6.85. The van der Waals surface area contributed by atoms with Crippen LogP contribution in [0.15, 0.2) is 58.5 Å². The first-order valence-corrected chi connectivity index (χ1v) is 13.4. The minimum Gasteiger partial charge on any atom is -0.459 e. The molecule has 9 nitrogen and oxygen atoms in total. The zero-order valence-corrected chi connectivity index (χ0v) is 22.1. The molecule has 1 aliphatic rings. The average Bonchev–Trinajstić information content (AvgIpc) is 3.56. The molecule has 10 heteroatoms. The van der Waals surface area contributed by atoms with Crippen LogP contribution < -0.4 is 5.32 Å². The van der Waals surface area contributed by atoms with E-state index < -0.39 is 0 Å². The number of piperazine rings is 1. The van der Waals surface area contributed by atoms with Crippen LogP contribution in [0.25, 0.3) is 0 Å². The van der Waals surface area contributed by atoms with Crippen LogP contribution in [-0.4, -0.2) is 76.7 Å². The smallest absolute Gasteiger partial charge is 0.290 e. The molecule has 4 rings (SSSR count). The minimum absolute atomic E-state index is 0.0368.